The normalized spacial score (nSPS) is 13.2. The predicted molar refractivity (Wildman–Crippen MR) is 93.0 cm³/mol. The maximum absolute atomic E-state index is 12.1. The SMILES string of the molecule is CCCc1cc(=O)[nH]c(SCC(=O)N[C@H](C(=O)OC)[C@@H](C)CC)n1. The number of nitrogens with one attached hydrogen (secondary N) is 2. The Morgan fingerprint density at radius 2 is 2.12 bits per heavy atom. The molecule has 0 spiro atoms. The number of amides is 1. The maximum Gasteiger partial charge on any atom is 0.328 e. The highest BCUT2D eigenvalue weighted by Crippen LogP contribution is 2.13. The first-order valence-electron chi connectivity index (χ1n) is 8.01. The number of methoxy groups -OCH3 is 1. The topological polar surface area (TPSA) is 101 Å². The third-order valence-electron chi connectivity index (χ3n) is 3.60. The molecule has 1 rings (SSSR count). The molecule has 2 atom stereocenters. The molecule has 134 valence electrons. The van der Waals surface area contributed by atoms with Gasteiger partial charge in [-0.15, -0.1) is 0 Å². The Kier molecular flexibility index (Phi) is 8.53. The van der Waals surface area contributed by atoms with Gasteiger partial charge in [-0.25, -0.2) is 9.78 Å². The second-order valence-electron chi connectivity index (χ2n) is 5.53. The third-order valence-corrected chi connectivity index (χ3v) is 4.48. The summed E-state index contributed by atoms with van der Waals surface area (Å²) in [5.74, 6) is -0.738. The van der Waals surface area contributed by atoms with Crippen LogP contribution in [-0.2, 0) is 20.7 Å². The summed E-state index contributed by atoms with van der Waals surface area (Å²) >= 11 is 1.13. The molecule has 2 N–H and O–H groups in total. The van der Waals surface area contributed by atoms with Crippen LogP contribution in [0.2, 0.25) is 0 Å². The molecule has 1 aromatic heterocycles. The molecule has 7 nitrogen and oxygen atoms in total. The van der Waals surface area contributed by atoms with Crippen molar-refractivity contribution >= 4 is 23.6 Å². The third kappa shape index (κ3) is 6.35. The Labute approximate surface area is 146 Å². The summed E-state index contributed by atoms with van der Waals surface area (Å²) in [5.41, 5.74) is 0.472. The number of thioether (sulfide) groups is 1. The van der Waals surface area contributed by atoms with Crippen molar-refractivity contribution in [2.45, 2.75) is 51.2 Å². The predicted octanol–water partition coefficient (Wildman–Crippen LogP) is 1.52. The van der Waals surface area contributed by atoms with Gasteiger partial charge in [0, 0.05) is 11.8 Å². The van der Waals surface area contributed by atoms with E-state index < -0.39 is 12.0 Å². The molecule has 0 aliphatic carbocycles. The lowest BCUT2D eigenvalue weighted by Crippen LogP contribution is -2.46. The Hall–Kier alpha value is -1.83. The lowest BCUT2D eigenvalue weighted by Gasteiger charge is -2.21. The lowest BCUT2D eigenvalue weighted by molar-refractivity contribution is -0.146. The van der Waals surface area contributed by atoms with Crippen LogP contribution in [0.5, 0.6) is 0 Å². The molecular formula is C16H25N3O4S. The second kappa shape index (κ2) is 10.1. The number of aryl methyl sites for hydroxylation is 1. The number of nitrogens with zero attached hydrogens (tertiary/aromatic N) is 1. The quantitative estimate of drug-likeness (QED) is 0.396. The minimum Gasteiger partial charge on any atom is -0.467 e. The molecule has 0 saturated carbocycles. The highest BCUT2D eigenvalue weighted by Gasteiger charge is 2.26. The monoisotopic (exact) mass is 355 g/mol. The average Bonchev–Trinajstić information content (AvgIpc) is 2.56. The number of aromatic amines is 1. The Morgan fingerprint density at radius 1 is 1.42 bits per heavy atom. The standard InChI is InChI=1S/C16H25N3O4S/c1-5-7-11-8-12(20)19-16(17-11)24-9-13(21)18-14(10(3)6-2)15(22)23-4/h8,10,14H,5-7,9H2,1-4H3,(H,18,21)(H,17,19,20)/t10-,14-/m0/s1. The minimum atomic E-state index is -0.675. The summed E-state index contributed by atoms with van der Waals surface area (Å²) in [6, 6.07) is 0.788. The number of ether oxygens (including phenoxy) is 1. The summed E-state index contributed by atoms with van der Waals surface area (Å²) in [5, 5.41) is 3.09. The van der Waals surface area contributed by atoms with Crippen LogP contribution in [0.25, 0.3) is 0 Å². The van der Waals surface area contributed by atoms with Gasteiger partial charge in [0.1, 0.15) is 6.04 Å². The van der Waals surface area contributed by atoms with E-state index in [4.69, 9.17) is 4.74 Å². The van der Waals surface area contributed by atoms with E-state index in [9.17, 15) is 14.4 Å². The molecule has 0 aromatic carbocycles. The lowest BCUT2D eigenvalue weighted by atomic mass is 9.99. The largest absolute Gasteiger partial charge is 0.467 e. The molecule has 0 unspecified atom stereocenters. The van der Waals surface area contributed by atoms with Gasteiger partial charge in [0.15, 0.2) is 5.16 Å². The van der Waals surface area contributed by atoms with Crippen molar-refractivity contribution < 1.29 is 14.3 Å². The summed E-state index contributed by atoms with van der Waals surface area (Å²) in [7, 11) is 1.30. The Balaban J connectivity index is 2.68. The van der Waals surface area contributed by atoms with Crippen molar-refractivity contribution in [1.29, 1.82) is 0 Å². The maximum atomic E-state index is 12.1. The number of hydrogen-bond acceptors (Lipinski definition) is 6. The molecule has 0 saturated heterocycles. The first-order valence-corrected chi connectivity index (χ1v) is 9.00. The van der Waals surface area contributed by atoms with E-state index in [0.29, 0.717) is 17.3 Å². The van der Waals surface area contributed by atoms with Gasteiger partial charge in [0.2, 0.25) is 5.91 Å². The summed E-state index contributed by atoms with van der Waals surface area (Å²) < 4.78 is 4.74. The van der Waals surface area contributed by atoms with Crippen LogP contribution in [-0.4, -0.2) is 40.7 Å². The fourth-order valence-electron chi connectivity index (χ4n) is 2.08. The van der Waals surface area contributed by atoms with Crippen molar-refractivity contribution in [1.82, 2.24) is 15.3 Å². The highest BCUT2D eigenvalue weighted by atomic mass is 32.2. The molecule has 24 heavy (non-hydrogen) atoms. The van der Waals surface area contributed by atoms with Crippen LogP contribution in [0, 0.1) is 5.92 Å². The number of H-pyrrole nitrogens is 1. The first-order chi connectivity index (χ1) is 11.4. The van der Waals surface area contributed by atoms with E-state index in [1.54, 1.807) is 0 Å². The molecule has 0 radical (unpaired) electrons. The van der Waals surface area contributed by atoms with Crippen LogP contribution in [0.4, 0.5) is 0 Å². The first kappa shape index (κ1) is 20.2. The van der Waals surface area contributed by atoms with Crippen molar-refractivity contribution in [3.05, 3.63) is 22.1 Å². The van der Waals surface area contributed by atoms with Crippen LogP contribution in [0.3, 0.4) is 0 Å². The highest BCUT2D eigenvalue weighted by molar-refractivity contribution is 7.99. The zero-order chi connectivity index (χ0) is 18.1. The average molecular weight is 355 g/mol. The van der Waals surface area contributed by atoms with E-state index in [1.807, 2.05) is 20.8 Å². The van der Waals surface area contributed by atoms with Gasteiger partial charge in [-0.3, -0.25) is 9.59 Å². The van der Waals surface area contributed by atoms with E-state index in [-0.39, 0.29) is 23.1 Å². The van der Waals surface area contributed by atoms with E-state index in [0.717, 1.165) is 24.6 Å². The van der Waals surface area contributed by atoms with Crippen molar-refractivity contribution in [2.24, 2.45) is 5.92 Å². The number of hydrogen-bond donors (Lipinski definition) is 2. The van der Waals surface area contributed by atoms with Gasteiger partial charge < -0.3 is 15.0 Å². The Bertz CT molecular complexity index is 618. The number of carbonyl (C=O) groups excluding carboxylic acids is 2. The van der Waals surface area contributed by atoms with Crippen molar-refractivity contribution in [2.75, 3.05) is 12.9 Å². The molecule has 1 amide bonds. The molecule has 0 aliphatic heterocycles. The van der Waals surface area contributed by atoms with Gasteiger partial charge in [0.25, 0.3) is 5.56 Å². The van der Waals surface area contributed by atoms with Crippen LogP contribution < -0.4 is 10.9 Å². The van der Waals surface area contributed by atoms with E-state index >= 15 is 0 Å². The number of carbonyl (C=O) groups is 2. The van der Waals surface area contributed by atoms with E-state index in [1.165, 1.54) is 13.2 Å². The fraction of sp³-hybridized carbons (Fsp3) is 0.625. The van der Waals surface area contributed by atoms with Gasteiger partial charge in [-0.1, -0.05) is 45.4 Å². The van der Waals surface area contributed by atoms with Gasteiger partial charge >= 0.3 is 5.97 Å². The van der Waals surface area contributed by atoms with Crippen molar-refractivity contribution in [3.8, 4) is 0 Å². The van der Waals surface area contributed by atoms with Gasteiger partial charge in [-0.2, -0.15) is 0 Å². The zero-order valence-corrected chi connectivity index (χ0v) is 15.4. The molecule has 0 aliphatic rings. The summed E-state index contributed by atoms with van der Waals surface area (Å²) in [6.07, 6.45) is 2.33. The van der Waals surface area contributed by atoms with Crippen molar-refractivity contribution in [3.63, 3.8) is 0 Å². The van der Waals surface area contributed by atoms with E-state index in [2.05, 4.69) is 15.3 Å². The Morgan fingerprint density at radius 3 is 2.71 bits per heavy atom. The molecule has 1 heterocycles. The van der Waals surface area contributed by atoms with Gasteiger partial charge in [-0.05, 0) is 12.3 Å². The van der Waals surface area contributed by atoms with Crippen LogP contribution in [0.1, 0.15) is 39.3 Å². The van der Waals surface area contributed by atoms with Gasteiger partial charge in [0.05, 0.1) is 12.9 Å². The molecule has 1 aromatic rings. The second-order valence-corrected chi connectivity index (χ2v) is 6.50. The summed E-state index contributed by atoms with van der Waals surface area (Å²) in [6.45, 7) is 5.82. The van der Waals surface area contributed by atoms with Crippen LogP contribution in [0.15, 0.2) is 16.0 Å². The molecule has 8 heteroatoms. The number of aromatic nitrogens is 2. The molecule has 0 fully saturated rings. The minimum absolute atomic E-state index is 0.0304. The molecular weight excluding hydrogens is 330 g/mol. The number of esters is 1. The fourth-order valence-corrected chi connectivity index (χ4v) is 2.79. The molecule has 0 bridgehead atoms. The smallest absolute Gasteiger partial charge is 0.328 e. The zero-order valence-electron chi connectivity index (χ0n) is 14.5. The number of rotatable bonds is 9. The van der Waals surface area contributed by atoms with Crippen LogP contribution >= 0.6 is 11.8 Å². The summed E-state index contributed by atoms with van der Waals surface area (Å²) in [4.78, 5) is 42.4.